The lowest BCUT2D eigenvalue weighted by Crippen LogP contribution is -2.12. The van der Waals surface area contributed by atoms with Crippen LogP contribution in [0.15, 0.2) is 36.4 Å². The molecule has 2 N–H and O–H groups in total. The van der Waals surface area contributed by atoms with Crippen LogP contribution in [0.2, 0.25) is 5.02 Å². The van der Waals surface area contributed by atoms with Gasteiger partial charge in [-0.2, -0.15) is 13.2 Å². The van der Waals surface area contributed by atoms with Crippen LogP contribution in [0.5, 0.6) is 0 Å². The minimum Gasteiger partial charge on any atom is -0.398 e. The first-order chi connectivity index (χ1) is 9.71. The second kappa shape index (κ2) is 5.41. The van der Waals surface area contributed by atoms with Crippen molar-refractivity contribution < 1.29 is 18.0 Å². The molecule has 0 aliphatic carbocycles. The third kappa shape index (κ3) is 3.03. The Kier molecular flexibility index (Phi) is 3.96. The van der Waals surface area contributed by atoms with E-state index in [-0.39, 0.29) is 27.4 Å². The molecule has 0 spiro atoms. The first-order valence-electron chi connectivity index (χ1n) is 5.98. The van der Waals surface area contributed by atoms with Gasteiger partial charge < -0.3 is 5.73 Å². The fourth-order valence-electron chi connectivity index (χ4n) is 2.02. The number of anilines is 1. The predicted molar refractivity (Wildman–Crippen MR) is 75.5 cm³/mol. The summed E-state index contributed by atoms with van der Waals surface area (Å²) in [5, 5.41) is 0.222. The van der Waals surface area contributed by atoms with Gasteiger partial charge in [-0.3, -0.25) is 4.79 Å². The van der Waals surface area contributed by atoms with Crippen molar-refractivity contribution in [1.29, 1.82) is 0 Å². The first-order valence-corrected chi connectivity index (χ1v) is 6.36. The highest BCUT2D eigenvalue weighted by Gasteiger charge is 2.33. The molecule has 0 bridgehead atoms. The van der Waals surface area contributed by atoms with Gasteiger partial charge in [0.1, 0.15) is 0 Å². The molecule has 0 aromatic heterocycles. The Morgan fingerprint density at radius 2 is 1.76 bits per heavy atom. The van der Waals surface area contributed by atoms with Crippen LogP contribution >= 0.6 is 11.6 Å². The van der Waals surface area contributed by atoms with E-state index >= 15 is 0 Å². The number of benzene rings is 2. The number of halogens is 4. The Hall–Kier alpha value is -2.01. The number of rotatable bonds is 2. The summed E-state index contributed by atoms with van der Waals surface area (Å²) in [5.74, 6) is -0.505. The number of aryl methyl sites for hydroxylation is 1. The van der Waals surface area contributed by atoms with Crippen LogP contribution in [-0.4, -0.2) is 5.78 Å². The van der Waals surface area contributed by atoms with Crippen molar-refractivity contribution in [2.24, 2.45) is 0 Å². The summed E-state index contributed by atoms with van der Waals surface area (Å²) in [6, 6.07) is 8.22. The summed E-state index contributed by atoms with van der Waals surface area (Å²) >= 11 is 5.92. The highest BCUT2D eigenvalue weighted by molar-refractivity contribution is 6.35. The van der Waals surface area contributed by atoms with Crippen LogP contribution in [0.1, 0.15) is 27.0 Å². The van der Waals surface area contributed by atoms with Crippen molar-refractivity contribution in [3.05, 3.63) is 63.7 Å². The maximum Gasteiger partial charge on any atom is 0.416 e. The molecule has 0 aliphatic heterocycles. The van der Waals surface area contributed by atoms with Crippen molar-refractivity contribution in [3.63, 3.8) is 0 Å². The van der Waals surface area contributed by atoms with E-state index in [4.69, 9.17) is 17.3 Å². The first kappa shape index (κ1) is 15.4. The van der Waals surface area contributed by atoms with Gasteiger partial charge in [0, 0.05) is 16.8 Å². The quantitative estimate of drug-likeness (QED) is 0.656. The van der Waals surface area contributed by atoms with E-state index in [2.05, 4.69) is 0 Å². The minimum atomic E-state index is -4.51. The molecule has 0 fully saturated rings. The molecule has 2 nitrogen and oxygen atoms in total. The summed E-state index contributed by atoms with van der Waals surface area (Å²) in [7, 11) is 0. The number of nitrogens with two attached hydrogens (primary N) is 1. The van der Waals surface area contributed by atoms with Crippen LogP contribution in [0.25, 0.3) is 0 Å². The molecule has 0 aliphatic rings. The highest BCUT2D eigenvalue weighted by atomic mass is 35.5. The predicted octanol–water partition coefficient (Wildman–Crippen LogP) is 4.48. The largest absolute Gasteiger partial charge is 0.416 e. The van der Waals surface area contributed by atoms with Crippen molar-refractivity contribution in [1.82, 2.24) is 0 Å². The van der Waals surface area contributed by atoms with Gasteiger partial charge in [0.2, 0.25) is 0 Å². The molecule has 0 radical (unpaired) electrons. The van der Waals surface area contributed by atoms with Crippen LogP contribution < -0.4 is 5.73 Å². The van der Waals surface area contributed by atoms with Crippen LogP contribution in [0.3, 0.4) is 0 Å². The fourth-order valence-corrected chi connectivity index (χ4v) is 2.24. The van der Waals surface area contributed by atoms with Gasteiger partial charge >= 0.3 is 6.18 Å². The Bertz CT molecular complexity index is 711. The number of alkyl halides is 3. The maximum atomic E-state index is 12.8. The average Bonchev–Trinajstić information content (AvgIpc) is 2.39. The third-order valence-electron chi connectivity index (χ3n) is 3.07. The third-order valence-corrected chi connectivity index (χ3v) is 3.39. The summed E-state index contributed by atoms with van der Waals surface area (Å²) < 4.78 is 38.4. The van der Waals surface area contributed by atoms with Gasteiger partial charge in [-0.1, -0.05) is 23.7 Å². The summed E-state index contributed by atoms with van der Waals surface area (Å²) in [6.45, 7) is 1.28. The number of carbonyl (C=O) groups excluding carboxylic acids is 1. The van der Waals surface area contributed by atoms with E-state index < -0.39 is 17.5 Å². The van der Waals surface area contributed by atoms with Gasteiger partial charge in [0.15, 0.2) is 5.78 Å². The SMILES string of the molecule is Cc1cc(C(=O)c2ccccc2Cl)c(N)cc1C(F)(F)F. The standard InChI is InChI=1S/C15H11ClF3NO/c1-8-6-10(13(20)7-11(8)15(17,18)19)14(21)9-4-2-3-5-12(9)16/h2-7H,20H2,1H3. The molecule has 0 saturated heterocycles. The summed E-state index contributed by atoms with van der Waals surface area (Å²) in [5.41, 5.74) is 4.68. The lowest BCUT2D eigenvalue weighted by atomic mass is 9.96. The second-order valence-corrected chi connectivity index (χ2v) is 4.97. The average molecular weight is 314 g/mol. The molecular weight excluding hydrogens is 303 g/mol. The van der Waals surface area contributed by atoms with Gasteiger partial charge in [-0.05, 0) is 36.8 Å². The zero-order valence-electron chi connectivity index (χ0n) is 11.0. The Morgan fingerprint density at radius 1 is 1.14 bits per heavy atom. The molecule has 2 rings (SSSR count). The normalized spacial score (nSPS) is 11.5. The lowest BCUT2D eigenvalue weighted by molar-refractivity contribution is -0.138. The van der Waals surface area contributed by atoms with Crippen molar-refractivity contribution in [2.45, 2.75) is 13.1 Å². The number of nitrogen functional groups attached to an aromatic ring is 1. The molecule has 0 atom stereocenters. The van der Waals surface area contributed by atoms with Gasteiger partial charge in [0.05, 0.1) is 10.6 Å². The summed E-state index contributed by atoms with van der Waals surface area (Å²) in [4.78, 5) is 12.4. The Morgan fingerprint density at radius 3 is 2.33 bits per heavy atom. The van der Waals surface area contributed by atoms with E-state index in [0.29, 0.717) is 0 Å². The van der Waals surface area contributed by atoms with Gasteiger partial charge in [-0.15, -0.1) is 0 Å². The van der Waals surface area contributed by atoms with Gasteiger partial charge in [0.25, 0.3) is 0 Å². The number of carbonyl (C=O) groups is 1. The monoisotopic (exact) mass is 313 g/mol. The zero-order valence-corrected chi connectivity index (χ0v) is 11.7. The minimum absolute atomic E-state index is 0.00796. The zero-order chi connectivity index (χ0) is 15.8. The maximum absolute atomic E-state index is 12.8. The molecule has 2 aromatic carbocycles. The second-order valence-electron chi connectivity index (χ2n) is 4.56. The smallest absolute Gasteiger partial charge is 0.398 e. The molecule has 0 saturated carbocycles. The number of hydrogen-bond donors (Lipinski definition) is 1. The van der Waals surface area contributed by atoms with Crippen LogP contribution in [0.4, 0.5) is 18.9 Å². The van der Waals surface area contributed by atoms with E-state index in [9.17, 15) is 18.0 Å². The lowest BCUT2D eigenvalue weighted by Gasteiger charge is -2.14. The Balaban J connectivity index is 2.54. The van der Waals surface area contributed by atoms with Crippen LogP contribution in [0, 0.1) is 6.92 Å². The molecule has 0 unspecified atom stereocenters. The summed E-state index contributed by atoms with van der Waals surface area (Å²) in [6.07, 6.45) is -4.51. The van der Waals surface area contributed by atoms with E-state index in [1.54, 1.807) is 12.1 Å². The number of ketones is 1. The molecule has 110 valence electrons. The van der Waals surface area contributed by atoms with E-state index in [0.717, 1.165) is 12.1 Å². The fraction of sp³-hybridized carbons (Fsp3) is 0.133. The topological polar surface area (TPSA) is 43.1 Å². The molecule has 0 heterocycles. The molecule has 2 aromatic rings. The van der Waals surface area contributed by atoms with Crippen molar-refractivity contribution in [3.8, 4) is 0 Å². The van der Waals surface area contributed by atoms with Crippen molar-refractivity contribution >= 4 is 23.1 Å². The van der Waals surface area contributed by atoms with E-state index in [1.807, 2.05) is 0 Å². The molecule has 21 heavy (non-hydrogen) atoms. The van der Waals surface area contributed by atoms with Crippen molar-refractivity contribution in [2.75, 3.05) is 5.73 Å². The van der Waals surface area contributed by atoms with E-state index in [1.165, 1.54) is 19.1 Å². The number of hydrogen-bond acceptors (Lipinski definition) is 2. The van der Waals surface area contributed by atoms with Gasteiger partial charge in [-0.25, -0.2) is 0 Å². The molecule has 0 amide bonds. The Labute approximate surface area is 124 Å². The highest BCUT2D eigenvalue weighted by Crippen LogP contribution is 2.35. The van der Waals surface area contributed by atoms with Crippen LogP contribution in [-0.2, 0) is 6.18 Å². The molecule has 6 heteroatoms. The molecular formula is C15H11ClF3NO.